The minimum absolute atomic E-state index is 0.182. The molecule has 0 aliphatic rings. The molecule has 0 bridgehead atoms. The van der Waals surface area contributed by atoms with Crippen molar-refractivity contribution in [3.05, 3.63) is 165 Å². The summed E-state index contributed by atoms with van der Waals surface area (Å²) in [7, 11) is 0. The van der Waals surface area contributed by atoms with Crippen molar-refractivity contribution in [2.24, 2.45) is 0 Å². The average Bonchev–Trinajstić information content (AvgIpc) is 3.37. The van der Waals surface area contributed by atoms with Crippen molar-refractivity contribution >= 4 is 34.0 Å². The Bertz CT molecular complexity index is 1850. The molecule has 42 heavy (non-hydrogen) atoms. The molecule has 0 atom stereocenters. The molecule has 0 saturated heterocycles. The van der Waals surface area contributed by atoms with Crippen LogP contribution in [0.15, 0.2) is 127 Å². The molecule has 0 aliphatic carbocycles. The first-order chi connectivity index (χ1) is 20.4. The number of hydrogen-bond acceptors (Lipinski definition) is 3. The van der Waals surface area contributed by atoms with Crippen molar-refractivity contribution in [3.63, 3.8) is 0 Å². The van der Waals surface area contributed by atoms with E-state index in [1.807, 2.05) is 30.6 Å². The van der Waals surface area contributed by atoms with Gasteiger partial charge in [0.05, 0.1) is 29.3 Å². The highest BCUT2D eigenvalue weighted by molar-refractivity contribution is 6.34. The minimum atomic E-state index is -0.693. The van der Waals surface area contributed by atoms with Gasteiger partial charge in [-0.1, -0.05) is 103 Å². The number of aromatic nitrogens is 3. The van der Waals surface area contributed by atoms with Crippen LogP contribution in [0.2, 0.25) is 5.02 Å². The summed E-state index contributed by atoms with van der Waals surface area (Å²) in [6.45, 7) is 3.75. The molecule has 208 valence electrons. The van der Waals surface area contributed by atoms with Crippen molar-refractivity contribution in [2.45, 2.75) is 25.9 Å². The molecule has 6 nitrogen and oxygen atoms in total. The minimum Gasteiger partial charge on any atom is -0.325 e. The third-order valence-corrected chi connectivity index (χ3v) is 8.05. The lowest BCUT2D eigenvalue weighted by Gasteiger charge is -2.38. The molecule has 4 aromatic carbocycles. The zero-order valence-electron chi connectivity index (χ0n) is 23.3. The van der Waals surface area contributed by atoms with Gasteiger partial charge in [-0.15, -0.1) is 0 Å². The maximum Gasteiger partial charge on any atom is 0.258 e. The number of rotatable bonds is 7. The summed E-state index contributed by atoms with van der Waals surface area (Å²) in [5.74, 6) is -0.228. The number of nitrogens with zero attached hydrogens (tertiary/aromatic N) is 3. The van der Waals surface area contributed by atoms with Crippen molar-refractivity contribution in [1.82, 2.24) is 14.1 Å². The van der Waals surface area contributed by atoms with E-state index in [4.69, 9.17) is 16.6 Å². The molecule has 7 heteroatoms. The number of imidazole rings is 1. The highest BCUT2D eigenvalue weighted by Crippen LogP contribution is 2.42. The lowest BCUT2D eigenvalue weighted by molar-refractivity contribution is -0.114. The van der Waals surface area contributed by atoms with E-state index in [1.54, 1.807) is 22.9 Å². The third kappa shape index (κ3) is 4.70. The standard InChI is InChI=1S/C35H29ClN4O2/c1-24-33(22-39-19-18-26-20-32(38-25(2)41)31(36)21-30(26)34(39)42)37-23-40(24)35(27-12-6-3-7-13-27,28-14-8-4-9-15-28)29-16-10-5-11-17-29/h3-21,23H,22H2,1-2H3,(H,38,41). The zero-order valence-corrected chi connectivity index (χ0v) is 24.0. The Labute approximate surface area is 248 Å². The molecule has 0 fully saturated rings. The summed E-state index contributed by atoms with van der Waals surface area (Å²) in [4.78, 5) is 30.0. The molecule has 0 aliphatic heterocycles. The van der Waals surface area contributed by atoms with Gasteiger partial charge in [-0.2, -0.15) is 0 Å². The zero-order chi connectivity index (χ0) is 29.3. The van der Waals surface area contributed by atoms with Gasteiger partial charge in [-0.25, -0.2) is 4.98 Å². The predicted molar refractivity (Wildman–Crippen MR) is 168 cm³/mol. The number of nitrogens with one attached hydrogen (secondary N) is 1. The fourth-order valence-electron chi connectivity index (χ4n) is 5.77. The van der Waals surface area contributed by atoms with E-state index < -0.39 is 5.54 Å². The van der Waals surface area contributed by atoms with Crippen LogP contribution in [-0.4, -0.2) is 20.0 Å². The third-order valence-electron chi connectivity index (χ3n) is 7.74. The fourth-order valence-corrected chi connectivity index (χ4v) is 5.98. The number of benzene rings is 4. The largest absolute Gasteiger partial charge is 0.325 e. The summed E-state index contributed by atoms with van der Waals surface area (Å²) in [5.41, 5.74) is 4.62. The second-order valence-electron chi connectivity index (χ2n) is 10.3. The van der Waals surface area contributed by atoms with E-state index >= 15 is 0 Å². The number of anilines is 1. The Kier molecular flexibility index (Phi) is 7.23. The highest BCUT2D eigenvalue weighted by Gasteiger charge is 2.39. The molecule has 6 aromatic rings. The molecule has 6 rings (SSSR count). The van der Waals surface area contributed by atoms with Crippen LogP contribution < -0.4 is 10.9 Å². The highest BCUT2D eigenvalue weighted by atomic mass is 35.5. The van der Waals surface area contributed by atoms with Crippen LogP contribution in [0.5, 0.6) is 0 Å². The molecule has 2 aromatic heterocycles. The van der Waals surface area contributed by atoms with Gasteiger partial charge in [-0.05, 0) is 47.2 Å². The monoisotopic (exact) mass is 572 g/mol. The first-order valence-electron chi connectivity index (χ1n) is 13.7. The van der Waals surface area contributed by atoms with Gasteiger partial charge in [0, 0.05) is 24.2 Å². The number of fused-ring (bicyclic) bond motifs is 1. The molecule has 0 spiro atoms. The number of hydrogen-bond donors (Lipinski definition) is 1. The molecule has 1 N–H and O–H groups in total. The van der Waals surface area contributed by atoms with Gasteiger partial charge < -0.3 is 14.5 Å². The molecular weight excluding hydrogens is 544 g/mol. The fraction of sp³-hybridized carbons (Fsp3) is 0.114. The van der Waals surface area contributed by atoms with E-state index in [1.165, 1.54) is 6.92 Å². The number of carbonyl (C=O) groups excluding carboxylic acids is 1. The van der Waals surface area contributed by atoms with Crippen LogP contribution in [0, 0.1) is 6.92 Å². The van der Waals surface area contributed by atoms with Gasteiger partial charge in [0.2, 0.25) is 5.91 Å². The smallest absolute Gasteiger partial charge is 0.258 e. The van der Waals surface area contributed by atoms with Crippen molar-refractivity contribution in [3.8, 4) is 0 Å². The quantitative estimate of drug-likeness (QED) is 0.209. The van der Waals surface area contributed by atoms with E-state index in [0.29, 0.717) is 21.5 Å². The lowest BCUT2D eigenvalue weighted by Crippen LogP contribution is -2.38. The molecular formula is C35H29ClN4O2. The normalized spacial score (nSPS) is 11.5. The predicted octanol–water partition coefficient (Wildman–Crippen LogP) is 7.01. The van der Waals surface area contributed by atoms with Gasteiger partial charge in [-0.3, -0.25) is 9.59 Å². The molecule has 0 radical (unpaired) electrons. The lowest BCUT2D eigenvalue weighted by atomic mass is 9.76. The number of carbonyl (C=O) groups is 1. The summed E-state index contributed by atoms with van der Waals surface area (Å²) < 4.78 is 3.86. The Morgan fingerprint density at radius 1 is 0.857 bits per heavy atom. The van der Waals surface area contributed by atoms with Crippen molar-refractivity contribution < 1.29 is 4.79 Å². The van der Waals surface area contributed by atoms with Gasteiger partial charge >= 0.3 is 0 Å². The van der Waals surface area contributed by atoms with Crippen LogP contribution >= 0.6 is 11.6 Å². The van der Waals surface area contributed by atoms with E-state index in [2.05, 4.69) is 89.6 Å². The Morgan fingerprint density at radius 3 is 1.93 bits per heavy atom. The Morgan fingerprint density at radius 2 is 1.40 bits per heavy atom. The second-order valence-corrected chi connectivity index (χ2v) is 10.7. The Hall–Kier alpha value is -4.94. The van der Waals surface area contributed by atoms with Crippen LogP contribution in [-0.2, 0) is 16.9 Å². The topological polar surface area (TPSA) is 68.9 Å². The van der Waals surface area contributed by atoms with Crippen molar-refractivity contribution in [1.29, 1.82) is 0 Å². The molecule has 0 unspecified atom stereocenters. The van der Waals surface area contributed by atoms with Crippen LogP contribution in [0.25, 0.3) is 10.8 Å². The van der Waals surface area contributed by atoms with Gasteiger partial charge in [0.25, 0.3) is 5.56 Å². The first kappa shape index (κ1) is 27.2. The average molecular weight is 573 g/mol. The summed E-state index contributed by atoms with van der Waals surface area (Å²) in [6, 6.07) is 36.5. The van der Waals surface area contributed by atoms with Crippen LogP contribution in [0.3, 0.4) is 0 Å². The molecule has 0 saturated carbocycles. The van der Waals surface area contributed by atoms with Crippen molar-refractivity contribution in [2.75, 3.05) is 5.32 Å². The maximum atomic E-state index is 13.6. The summed E-state index contributed by atoms with van der Waals surface area (Å²) in [6.07, 6.45) is 3.63. The SMILES string of the molecule is CC(=O)Nc1cc2ccn(Cc3ncn(C(c4ccccc4)(c4ccccc4)c4ccccc4)c3C)c(=O)c2cc1Cl. The number of pyridine rings is 1. The molecule has 2 heterocycles. The summed E-state index contributed by atoms with van der Waals surface area (Å²) >= 11 is 6.41. The first-order valence-corrected chi connectivity index (χ1v) is 14.1. The summed E-state index contributed by atoms with van der Waals surface area (Å²) in [5, 5.41) is 4.19. The number of amides is 1. The van der Waals surface area contributed by atoms with E-state index in [9.17, 15) is 9.59 Å². The second kappa shape index (κ2) is 11.1. The van der Waals surface area contributed by atoms with Gasteiger partial charge in [0.15, 0.2) is 0 Å². The van der Waals surface area contributed by atoms with Gasteiger partial charge in [0.1, 0.15) is 5.54 Å². The molecule has 1 amide bonds. The number of halogens is 1. The maximum absolute atomic E-state index is 13.6. The van der Waals surface area contributed by atoms with E-state index in [-0.39, 0.29) is 18.0 Å². The van der Waals surface area contributed by atoms with Crippen LogP contribution in [0.4, 0.5) is 5.69 Å². The Balaban J connectivity index is 1.50. The van der Waals surface area contributed by atoms with Crippen LogP contribution in [0.1, 0.15) is 35.0 Å². The van der Waals surface area contributed by atoms with E-state index in [0.717, 1.165) is 28.1 Å².